The molecule has 1 fully saturated rings. The van der Waals surface area contributed by atoms with Crippen LogP contribution in [-0.2, 0) is 16.1 Å². The molecule has 156 valence electrons. The Bertz CT molecular complexity index is 1020. The summed E-state index contributed by atoms with van der Waals surface area (Å²) in [6.07, 6.45) is 3.07. The monoisotopic (exact) mass is 445 g/mol. The molecule has 2 aromatic rings. The van der Waals surface area contributed by atoms with E-state index in [2.05, 4.69) is 0 Å². The number of ether oxygens (including phenoxy) is 1. The lowest BCUT2D eigenvalue weighted by Gasteiger charge is -2.43. The van der Waals surface area contributed by atoms with Gasteiger partial charge in [-0.15, -0.1) is 0 Å². The van der Waals surface area contributed by atoms with Crippen molar-refractivity contribution in [3.05, 3.63) is 64.3 Å². The lowest BCUT2D eigenvalue weighted by Crippen LogP contribution is -2.60. The van der Waals surface area contributed by atoms with Gasteiger partial charge in [0.05, 0.1) is 23.4 Å². The highest BCUT2D eigenvalue weighted by molar-refractivity contribution is 8.22. The number of aliphatic hydroxyl groups is 1. The summed E-state index contributed by atoms with van der Waals surface area (Å²) >= 11 is 2.66. The zero-order valence-electron chi connectivity index (χ0n) is 16.4. The normalized spacial score (nSPS) is 21.3. The Kier molecular flexibility index (Phi) is 5.77. The van der Waals surface area contributed by atoms with Crippen LogP contribution in [0.4, 0.5) is 0 Å². The summed E-state index contributed by atoms with van der Waals surface area (Å²) in [6, 6.07) is 11.7. The minimum absolute atomic E-state index is 0.00733. The van der Waals surface area contributed by atoms with Gasteiger partial charge in [0.25, 0.3) is 0 Å². The molecule has 0 radical (unpaired) electrons. The highest BCUT2D eigenvalue weighted by Crippen LogP contribution is 2.55. The summed E-state index contributed by atoms with van der Waals surface area (Å²) in [5, 5.41) is 19.1. The highest BCUT2D eigenvalue weighted by atomic mass is 32.2. The highest BCUT2D eigenvalue weighted by Gasteiger charge is 2.57. The molecule has 4 rings (SSSR count). The zero-order valence-corrected chi connectivity index (χ0v) is 18.0. The molecule has 1 amide bonds. The van der Waals surface area contributed by atoms with Crippen LogP contribution >= 0.6 is 23.5 Å². The van der Waals surface area contributed by atoms with Crippen molar-refractivity contribution in [2.24, 2.45) is 5.92 Å². The van der Waals surface area contributed by atoms with E-state index in [0.29, 0.717) is 10.8 Å². The molecule has 0 saturated carbocycles. The predicted octanol–water partition coefficient (Wildman–Crippen LogP) is 2.29. The molecule has 1 aromatic heterocycles. The Morgan fingerprint density at radius 2 is 2.07 bits per heavy atom. The summed E-state index contributed by atoms with van der Waals surface area (Å²) in [5.74, 6) is -1.24. The van der Waals surface area contributed by atoms with Gasteiger partial charge in [-0.25, -0.2) is 4.79 Å². The first-order chi connectivity index (χ1) is 14.4. The maximum Gasteiger partial charge on any atom is 0.354 e. The molecule has 9 heteroatoms. The molecule has 0 bridgehead atoms. The number of benzene rings is 1. The van der Waals surface area contributed by atoms with Crippen molar-refractivity contribution in [1.29, 1.82) is 0 Å². The molecule has 0 spiro atoms. The fraction of sp³-hybridized carbons (Fsp3) is 0.286. The molecule has 3 atom stereocenters. The van der Waals surface area contributed by atoms with Crippen LogP contribution in [-0.4, -0.2) is 45.6 Å². The average Bonchev–Trinajstić information content (AvgIpc) is 3.03. The molecular weight excluding hydrogens is 424 g/mol. The van der Waals surface area contributed by atoms with Crippen molar-refractivity contribution >= 4 is 35.4 Å². The number of hydrogen-bond acceptors (Lipinski definition) is 6. The Hall–Kier alpha value is -2.49. The molecular formula is C21H21N2O5S2+. The number of carbonyl (C=O) groups is 2. The van der Waals surface area contributed by atoms with E-state index in [1.54, 1.807) is 14.0 Å². The van der Waals surface area contributed by atoms with Gasteiger partial charge in [0, 0.05) is 16.5 Å². The van der Waals surface area contributed by atoms with Crippen LogP contribution in [0.1, 0.15) is 12.5 Å². The second kappa shape index (κ2) is 8.33. The van der Waals surface area contributed by atoms with Gasteiger partial charge in [-0.1, -0.05) is 35.7 Å². The number of nitrogens with zero attached hydrogens (tertiary/aromatic N) is 2. The van der Waals surface area contributed by atoms with E-state index in [0.717, 1.165) is 16.2 Å². The van der Waals surface area contributed by atoms with Crippen LogP contribution in [0.5, 0.6) is 5.75 Å². The fourth-order valence-corrected chi connectivity index (χ4v) is 6.39. The second-order valence-electron chi connectivity index (χ2n) is 7.09. The summed E-state index contributed by atoms with van der Waals surface area (Å²) in [5.41, 5.74) is 1.10. The van der Waals surface area contributed by atoms with Gasteiger partial charge >= 0.3 is 5.97 Å². The lowest BCUT2D eigenvalue weighted by molar-refractivity contribution is -0.688. The van der Waals surface area contributed by atoms with Gasteiger partial charge < -0.3 is 14.9 Å². The van der Waals surface area contributed by atoms with Crippen molar-refractivity contribution in [2.45, 2.75) is 29.8 Å². The standard InChI is InChI=1S/C21H20N2O5S2/c1-12(24)16-18(25)23-17(20(26)27)21(30-19(16)23)29-15-7-5-13(6-8-15)10-22-9-3-4-14(11-22)28-2/h3-9,11-12,16,19,24H,10H2,1-2H3/p+1/t12-,16+,19-/m1/s1. The van der Waals surface area contributed by atoms with Gasteiger partial charge in [0.15, 0.2) is 24.2 Å². The van der Waals surface area contributed by atoms with E-state index in [9.17, 15) is 19.8 Å². The van der Waals surface area contributed by atoms with Gasteiger partial charge in [0.2, 0.25) is 12.1 Å². The number of fused-ring (bicyclic) bond motifs is 1. The van der Waals surface area contributed by atoms with Crippen molar-refractivity contribution < 1.29 is 29.1 Å². The number of methoxy groups -OCH3 is 1. The number of hydrogen-bond donors (Lipinski definition) is 2. The largest absolute Gasteiger partial charge is 0.491 e. The number of aromatic nitrogens is 1. The fourth-order valence-electron chi connectivity index (χ4n) is 3.52. The molecule has 2 aliphatic rings. The van der Waals surface area contributed by atoms with Crippen molar-refractivity contribution in [3.8, 4) is 5.75 Å². The maximum atomic E-state index is 12.3. The van der Waals surface area contributed by atoms with Crippen LogP contribution in [0.25, 0.3) is 0 Å². The topological polar surface area (TPSA) is 91.0 Å². The van der Waals surface area contributed by atoms with E-state index in [-0.39, 0.29) is 17.0 Å². The number of carboxylic acid groups (broad SMARTS) is 1. The third-order valence-electron chi connectivity index (χ3n) is 5.03. The van der Waals surface area contributed by atoms with Gasteiger partial charge in [-0.2, -0.15) is 4.57 Å². The van der Waals surface area contributed by atoms with E-state index in [1.165, 1.54) is 28.4 Å². The predicted molar refractivity (Wildman–Crippen MR) is 113 cm³/mol. The molecule has 0 unspecified atom stereocenters. The molecule has 0 aliphatic carbocycles. The minimum atomic E-state index is -1.13. The minimum Gasteiger partial charge on any atom is -0.491 e. The molecule has 7 nitrogen and oxygen atoms in total. The Labute approximate surface area is 182 Å². The van der Waals surface area contributed by atoms with Crippen LogP contribution in [0.3, 0.4) is 0 Å². The number of rotatable bonds is 7. The number of carboxylic acids is 1. The third kappa shape index (κ3) is 3.80. The number of pyridine rings is 1. The van der Waals surface area contributed by atoms with Crippen LogP contribution < -0.4 is 9.30 Å². The van der Waals surface area contributed by atoms with E-state index in [4.69, 9.17) is 4.74 Å². The summed E-state index contributed by atoms with van der Waals surface area (Å²) in [6.45, 7) is 2.24. The Morgan fingerprint density at radius 1 is 1.33 bits per heavy atom. The first-order valence-corrected chi connectivity index (χ1v) is 11.0. The van der Waals surface area contributed by atoms with Crippen LogP contribution in [0, 0.1) is 5.92 Å². The van der Waals surface area contributed by atoms with Gasteiger partial charge in [0.1, 0.15) is 5.37 Å². The summed E-state index contributed by atoms with van der Waals surface area (Å²) in [4.78, 5) is 26.2. The van der Waals surface area contributed by atoms with Crippen LogP contribution in [0.15, 0.2) is 63.6 Å². The average molecular weight is 446 g/mol. The van der Waals surface area contributed by atoms with E-state index < -0.39 is 18.0 Å². The van der Waals surface area contributed by atoms with E-state index in [1.807, 2.05) is 53.4 Å². The molecule has 1 saturated heterocycles. The lowest BCUT2D eigenvalue weighted by atomic mass is 9.92. The SMILES string of the molecule is COc1ccc[n+](Cc2ccc(SC3=C(C(=O)O)N4C(=O)[C@H]([C@@H](C)O)[C@H]4S3)cc2)c1. The third-order valence-corrected chi connectivity index (χ3v) is 7.61. The van der Waals surface area contributed by atoms with Crippen molar-refractivity contribution in [3.63, 3.8) is 0 Å². The van der Waals surface area contributed by atoms with Crippen LogP contribution in [0.2, 0.25) is 0 Å². The first kappa shape index (κ1) is 20.8. The number of aliphatic hydroxyl groups excluding tert-OH is 1. The quantitative estimate of drug-likeness (QED) is 0.499. The van der Waals surface area contributed by atoms with Gasteiger partial charge in [-0.05, 0) is 25.1 Å². The number of β-lactam (4-membered cyclic amide) rings is 1. The number of aliphatic carboxylic acids is 1. The zero-order chi connectivity index (χ0) is 21.4. The van der Waals surface area contributed by atoms with Gasteiger partial charge in [-0.3, -0.25) is 9.69 Å². The first-order valence-electron chi connectivity index (χ1n) is 9.34. The molecule has 2 N–H and O–H groups in total. The maximum absolute atomic E-state index is 12.3. The number of carbonyl (C=O) groups excluding carboxylic acids is 1. The van der Waals surface area contributed by atoms with Crippen molar-refractivity contribution in [2.75, 3.05) is 7.11 Å². The molecule has 3 heterocycles. The number of thioether (sulfide) groups is 2. The smallest absolute Gasteiger partial charge is 0.354 e. The van der Waals surface area contributed by atoms with E-state index >= 15 is 0 Å². The Morgan fingerprint density at radius 3 is 2.70 bits per heavy atom. The molecule has 2 aliphatic heterocycles. The summed E-state index contributed by atoms with van der Waals surface area (Å²) < 4.78 is 7.83. The summed E-state index contributed by atoms with van der Waals surface area (Å²) in [7, 11) is 1.63. The Balaban J connectivity index is 1.49. The number of amides is 1. The molecule has 1 aromatic carbocycles. The second-order valence-corrected chi connectivity index (χ2v) is 9.56. The molecule has 30 heavy (non-hydrogen) atoms. The van der Waals surface area contributed by atoms with Crippen molar-refractivity contribution in [1.82, 2.24) is 4.90 Å².